The van der Waals surface area contributed by atoms with Crippen molar-refractivity contribution in [2.75, 3.05) is 17.4 Å². The van der Waals surface area contributed by atoms with Crippen LogP contribution in [0.25, 0.3) is 10.9 Å². The van der Waals surface area contributed by atoms with Gasteiger partial charge in [0.2, 0.25) is 17.1 Å². The molecule has 9 nitrogen and oxygen atoms in total. The quantitative estimate of drug-likeness (QED) is 0.428. The van der Waals surface area contributed by atoms with Crippen LogP contribution in [0.1, 0.15) is 23.3 Å². The Hall–Kier alpha value is -3.92. The van der Waals surface area contributed by atoms with Crippen LogP contribution in [-0.2, 0) is 6.54 Å². The highest BCUT2D eigenvalue weighted by atomic mass is 32.1. The molecule has 1 aliphatic rings. The molecule has 31 heavy (non-hydrogen) atoms. The van der Waals surface area contributed by atoms with E-state index in [1.54, 1.807) is 24.4 Å². The highest BCUT2D eigenvalue weighted by molar-refractivity contribution is 7.19. The monoisotopic (exact) mass is 437 g/mol. The summed E-state index contributed by atoms with van der Waals surface area (Å²) in [6.07, 6.45) is 1.56. The number of nitrogens with zero attached hydrogens (tertiary/aromatic N) is 3. The molecule has 0 radical (unpaired) electrons. The van der Waals surface area contributed by atoms with Crippen LogP contribution in [0.15, 0.2) is 48.7 Å². The summed E-state index contributed by atoms with van der Waals surface area (Å²) in [6, 6.07) is 12.5. The summed E-state index contributed by atoms with van der Waals surface area (Å²) in [4.78, 5) is 16.7. The van der Waals surface area contributed by atoms with Crippen molar-refractivity contribution in [2.24, 2.45) is 0 Å². The number of benzene rings is 2. The maximum atomic E-state index is 12.6. The highest BCUT2D eigenvalue weighted by Gasteiger charge is 2.17. The third-order valence-corrected chi connectivity index (χ3v) is 5.32. The SMILES string of the molecule is C.O=C(Nc1nnc(NCc2ccc3c(c2)OCO3)s1)c1ccc2cccnc2c1O. The second kappa shape index (κ2) is 8.44. The van der Waals surface area contributed by atoms with Crippen LogP contribution in [0, 0.1) is 0 Å². The Balaban J connectivity index is 0.00000231. The van der Waals surface area contributed by atoms with E-state index in [9.17, 15) is 9.90 Å². The minimum Gasteiger partial charge on any atom is -0.505 e. The maximum Gasteiger partial charge on any atom is 0.261 e. The minimum absolute atomic E-state index is 0. The summed E-state index contributed by atoms with van der Waals surface area (Å²) < 4.78 is 10.7. The number of anilines is 2. The van der Waals surface area contributed by atoms with Crippen molar-refractivity contribution in [1.29, 1.82) is 0 Å². The number of aromatic nitrogens is 3. The molecule has 2 aromatic carbocycles. The largest absolute Gasteiger partial charge is 0.505 e. The number of carbonyl (C=O) groups is 1. The van der Waals surface area contributed by atoms with Gasteiger partial charge in [0.25, 0.3) is 5.91 Å². The first-order chi connectivity index (χ1) is 14.7. The molecule has 0 saturated heterocycles. The molecular weight excluding hydrogens is 418 g/mol. The number of amides is 1. The zero-order chi connectivity index (χ0) is 20.5. The fourth-order valence-corrected chi connectivity index (χ4v) is 3.69. The van der Waals surface area contributed by atoms with Crippen molar-refractivity contribution < 1.29 is 19.4 Å². The van der Waals surface area contributed by atoms with Gasteiger partial charge in [0.1, 0.15) is 5.52 Å². The smallest absolute Gasteiger partial charge is 0.261 e. The van der Waals surface area contributed by atoms with Gasteiger partial charge in [-0.1, -0.05) is 37.0 Å². The van der Waals surface area contributed by atoms with Crippen molar-refractivity contribution >= 4 is 38.4 Å². The Labute approximate surface area is 181 Å². The van der Waals surface area contributed by atoms with Gasteiger partial charge >= 0.3 is 0 Å². The highest BCUT2D eigenvalue weighted by Crippen LogP contribution is 2.33. The molecule has 0 atom stereocenters. The molecule has 0 unspecified atom stereocenters. The van der Waals surface area contributed by atoms with Gasteiger partial charge in [-0.05, 0) is 29.8 Å². The number of rotatable bonds is 5. The number of carbonyl (C=O) groups excluding carboxylic acids is 1. The Bertz CT molecular complexity index is 1260. The van der Waals surface area contributed by atoms with Crippen LogP contribution in [0.4, 0.5) is 10.3 Å². The van der Waals surface area contributed by atoms with Crippen molar-refractivity contribution in [2.45, 2.75) is 14.0 Å². The number of ether oxygens (including phenoxy) is 2. The summed E-state index contributed by atoms with van der Waals surface area (Å²) in [5, 5.41) is 25.8. The van der Waals surface area contributed by atoms with Crippen LogP contribution >= 0.6 is 11.3 Å². The second-order valence-corrected chi connectivity index (χ2v) is 7.42. The van der Waals surface area contributed by atoms with Gasteiger partial charge in [-0.3, -0.25) is 15.1 Å². The lowest BCUT2D eigenvalue weighted by Gasteiger charge is -2.06. The summed E-state index contributed by atoms with van der Waals surface area (Å²) >= 11 is 1.19. The predicted octanol–water partition coefficient (Wildman–Crippen LogP) is 4.02. The van der Waals surface area contributed by atoms with Gasteiger partial charge in [-0.15, -0.1) is 10.2 Å². The number of phenols is 1. The van der Waals surface area contributed by atoms with Gasteiger partial charge in [-0.25, -0.2) is 0 Å². The molecule has 1 amide bonds. The average Bonchev–Trinajstić information content (AvgIpc) is 3.41. The molecule has 0 aliphatic carbocycles. The molecule has 4 aromatic rings. The number of phenolic OH excluding ortho intramolecular Hbond substituents is 1. The Morgan fingerprint density at radius 1 is 1.10 bits per heavy atom. The fraction of sp³-hybridized carbons (Fsp3) is 0.143. The molecule has 0 spiro atoms. The molecule has 3 N–H and O–H groups in total. The number of pyridine rings is 1. The molecule has 5 rings (SSSR count). The third-order valence-electron chi connectivity index (χ3n) is 4.52. The molecule has 0 saturated carbocycles. The standard InChI is InChI=1S/C20H15N5O4S.CH4/c26-17-13(5-4-12-2-1-7-21-16(12)17)18(27)23-20-25-24-19(30-20)22-9-11-3-6-14-15(8-11)29-10-28-14;/h1-8,26H,9-10H2,(H,22,24)(H,23,25,27);1H4. The van der Waals surface area contributed by atoms with E-state index in [-0.39, 0.29) is 25.5 Å². The summed E-state index contributed by atoms with van der Waals surface area (Å²) in [5.41, 5.74) is 1.48. The van der Waals surface area contributed by atoms with Crippen molar-refractivity contribution in [3.63, 3.8) is 0 Å². The zero-order valence-corrected chi connectivity index (χ0v) is 16.3. The molecule has 0 fully saturated rings. The van der Waals surface area contributed by atoms with Crippen molar-refractivity contribution in [3.05, 3.63) is 59.8 Å². The number of hydrogen-bond donors (Lipinski definition) is 3. The molecule has 158 valence electrons. The van der Waals surface area contributed by atoms with E-state index in [0.717, 1.165) is 16.7 Å². The van der Waals surface area contributed by atoms with E-state index in [0.29, 0.717) is 28.1 Å². The van der Waals surface area contributed by atoms with Crippen LogP contribution in [0.3, 0.4) is 0 Å². The lowest BCUT2D eigenvalue weighted by Crippen LogP contribution is -2.12. The van der Waals surface area contributed by atoms with Crippen LogP contribution in [-0.4, -0.2) is 33.0 Å². The number of aromatic hydroxyl groups is 1. The van der Waals surface area contributed by atoms with Gasteiger partial charge < -0.3 is 19.9 Å². The van der Waals surface area contributed by atoms with Crippen LogP contribution < -0.4 is 20.1 Å². The Morgan fingerprint density at radius 3 is 2.84 bits per heavy atom. The fourth-order valence-electron chi connectivity index (χ4n) is 3.05. The Kier molecular flexibility index (Phi) is 5.54. The number of fused-ring (bicyclic) bond motifs is 2. The number of hydrogen-bond acceptors (Lipinski definition) is 9. The van der Waals surface area contributed by atoms with Crippen LogP contribution in [0.5, 0.6) is 17.2 Å². The normalized spacial score (nSPS) is 11.7. The zero-order valence-electron chi connectivity index (χ0n) is 15.5. The van der Waals surface area contributed by atoms with E-state index in [1.165, 1.54) is 11.3 Å². The Morgan fingerprint density at radius 2 is 1.94 bits per heavy atom. The lowest BCUT2D eigenvalue weighted by atomic mass is 10.1. The molecule has 3 heterocycles. The van der Waals surface area contributed by atoms with Gasteiger partial charge in [0, 0.05) is 18.1 Å². The lowest BCUT2D eigenvalue weighted by molar-refractivity contribution is 0.102. The molecular formula is C21H19N5O4S. The van der Waals surface area contributed by atoms with Crippen LogP contribution in [0.2, 0.25) is 0 Å². The summed E-state index contributed by atoms with van der Waals surface area (Å²) in [7, 11) is 0. The van der Waals surface area contributed by atoms with Gasteiger partial charge in [0.05, 0.1) is 5.56 Å². The van der Waals surface area contributed by atoms with Gasteiger partial charge in [-0.2, -0.15) is 0 Å². The molecule has 10 heteroatoms. The topological polar surface area (TPSA) is 118 Å². The van der Waals surface area contributed by atoms with E-state index < -0.39 is 5.91 Å². The first-order valence-electron chi connectivity index (χ1n) is 9.01. The molecule has 1 aliphatic heterocycles. The second-order valence-electron chi connectivity index (χ2n) is 6.44. The third kappa shape index (κ3) is 4.05. The predicted molar refractivity (Wildman–Crippen MR) is 118 cm³/mol. The number of nitrogens with one attached hydrogen (secondary N) is 2. The molecule has 0 bridgehead atoms. The van der Waals surface area contributed by atoms with Crippen molar-refractivity contribution in [1.82, 2.24) is 15.2 Å². The average molecular weight is 437 g/mol. The summed E-state index contributed by atoms with van der Waals surface area (Å²) in [6.45, 7) is 0.741. The van der Waals surface area contributed by atoms with Crippen molar-refractivity contribution in [3.8, 4) is 17.2 Å². The van der Waals surface area contributed by atoms with E-state index in [2.05, 4.69) is 25.8 Å². The maximum absolute atomic E-state index is 12.6. The summed E-state index contributed by atoms with van der Waals surface area (Å²) in [5.74, 6) is 0.783. The first kappa shape index (κ1) is 20.4. The van der Waals surface area contributed by atoms with E-state index >= 15 is 0 Å². The first-order valence-corrected chi connectivity index (χ1v) is 9.83. The van der Waals surface area contributed by atoms with Gasteiger partial charge in [0.15, 0.2) is 17.2 Å². The minimum atomic E-state index is -0.487. The van der Waals surface area contributed by atoms with E-state index in [4.69, 9.17) is 9.47 Å². The molecule has 2 aromatic heterocycles. The van der Waals surface area contributed by atoms with E-state index in [1.807, 2.05) is 24.3 Å².